The molecule has 0 radical (unpaired) electrons. The van der Waals surface area contributed by atoms with Crippen molar-refractivity contribution in [1.82, 2.24) is 4.57 Å². The van der Waals surface area contributed by atoms with E-state index in [1.54, 1.807) is 6.07 Å². The predicted molar refractivity (Wildman–Crippen MR) is 226 cm³/mol. The van der Waals surface area contributed by atoms with Crippen LogP contribution in [0.3, 0.4) is 0 Å². The molecule has 2 heterocycles. The summed E-state index contributed by atoms with van der Waals surface area (Å²) in [5.74, 6) is 0. The fourth-order valence-electron chi connectivity index (χ4n) is 8.26. The highest BCUT2D eigenvalue weighted by Crippen LogP contribution is 2.50. The van der Waals surface area contributed by atoms with E-state index in [-0.39, 0.29) is 56.6 Å². The molecule has 10 aromatic rings. The SMILES string of the molecule is [2H]c1c([2H])c(N(c2ccc3c(c2)c2ccccc2n3-c2ccccc2)c2c([2H])c([2H])c([2H])c3oc4c([2H])c([2H])c([2H])c([2H])c4c23)c([2H])c([2H])c1-c1ccc2c(c1)C(C)(C)c1ccccc1-2. The summed E-state index contributed by atoms with van der Waals surface area (Å²) >= 11 is 0. The van der Waals surface area contributed by atoms with Gasteiger partial charge in [0.15, 0.2) is 0 Å². The molecule has 256 valence electrons. The fraction of sp³-hybridized carbons (Fsp3) is 0.0588. The third kappa shape index (κ3) is 4.48. The molecular weight excluding hydrogens is 657 g/mol. The molecule has 0 N–H and O–H groups in total. The maximum Gasteiger partial charge on any atom is 0.137 e. The van der Waals surface area contributed by atoms with Gasteiger partial charge in [0.1, 0.15) is 11.2 Å². The molecule has 54 heavy (non-hydrogen) atoms. The molecule has 0 aliphatic heterocycles. The Morgan fingerprint density at radius 3 is 2.17 bits per heavy atom. The molecule has 0 saturated heterocycles. The summed E-state index contributed by atoms with van der Waals surface area (Å²) < 4.78 is 110. The lowest BCUT2D eigenvalue weighted by atomic mass is 9.81. The Balaban J connectivity index is 1.24. The topological polar surface area (TPSA) is 21.3 Å². The third-order valence-corrected chi connectivity index (χ3v) is 10.8. The molecule has 0 atom stereocenters. The maximum absolute atomic E-state index is 9.81. The van der Waals surface area contributed by atoms with Crippen molar-refractivity contribution in [3.8, 4) is 27.9 Å². The summed E-state index contributed by atoms with van der Waals surface area (Å²) in [4.78, 5) is 1.36. The largest absolute Gasteiger partial charge is 0.456 e. The van der Waals surface area contributed by atoms with Crippen LogP contribution in [-0.4, -0.2) is 4.57 Å². The summed E-state index contributed by atoms with van der Waals surface area (Å²) in [7, 11) is 0. The molecule has 0 bridgehead atoms. The zero-order chi connectivity index (χ0) is 45.5. The normalized spacial score (nSPS) is 16.0. The Bertz CT molecular complexity index is 3700. The lowest BCUT2D eigenvalue weighted by molar-refractivity contribution is 0.660. The van der Waals surface area contributed by atoms with Crippen molar-refractivity contribution in [1.29, 1.82) is 0 Å². The van der Waals surface area contributed by atoms with Crippen molar-refractivity contribution in [2.24, 2.45) is 0 Å². The summed E-state index contributed by atoms with van der Waals surface area (Å²) in [6.07, 6.45) is 0. The van der Waals surface area contributed by atoms with Gasteiger partial charge in [0, 0.05) is 38.6 Å². The van der Waals surface area contributed by atoms with Crippen LogP contribution in [0, 0.1) is 0 Å². The molecule has 0 fully saturated rings. The Morgan fingerprint density at radius 1 is 0.537 bits per heavy atom. The first kappa shape index (κ1) is 21.6. The van der Waals surface area contributed by atoms with Gasteiger partial charge in [0.25, 0.3) is 0 Å². The van der Waals surface area contributed by atoms with Gasteiger partial charge in [-0.2, -0.15) is 0 Å². The first-order valence-corrected chi connectivity index (χ1v) is 17.8. The van der Waals surface area contributed by atoms with Crippen LogP contribution in [0.4, 0.5) is 17.1 Å². The van der Waals surface area contributed by atoms with Crippen LogP contribution in [0.1, 0.15) is 40.1 Å². The van der Waals surface area contributed by atoms with Crippen molar-refractivity contribution < 1.29 is 19.5 Å². The van der Waals surface area contributed by atoms with Crippen LogP contribution in [0.5, 0.6) is 0 Å². The standard InChI is InChI=1S/C51H36N2O/c1-51(2)43-18-9-6-15-38(43)39-29-25-34(31-44(39)51)33-23-26-36(27-24-33)52(47-20-12-22-49-50(47)41-17-8-11-21-48(41)54-49)37-28-30-46-42(32-37)40-16-7-10-19-45(40)53(46)35-13-4-3-5-14-35/h3-32H,1-2H3/i8D,11D,12D,17D,20D,21D,22D,23D,24D,26D,27D. The van der Waals surface area contributed by atoms with Crippen molar-refractivity contribution in [3.05, 3.63) is 193 Å². The minimum Gasteiger partial charge on any atom is -0.456 e. The van der Waals surface area contributed by atoms with E-state index in [9.17, 15) is 6.85 Å². The number of anilines is 3. The van der Waals surface area contributed by atoms with Gasteiger partial charge in [-0.1, -0.05) is 123 Å². The Kier molecular flexibility index (Phi) is 4.64. The highest BCUT2D eigenvalue weighted by molar-refractivity contribution is 6.15. The average molecular weight is 704 g/mol. The predicted octanol–water partition coefficient (Wildman–Crippen LogP) is 14.1. The molecule has 11 rings (SSSR count). The molecule has 1 aliphatic carbocycles. The van der Waals surface area contributed by atoms with Gasteiger partial charge in [-0.3, -0.25) is 0 Å². The number of aromatic nitrogens is 1. The van der Waals surface area contributed by atoms with Gasteiger partial charge in [-0.25, -0.2) is 0 Å². The molecule has 0 spiro atoms. The van der Waals surface area contributed by atoms with E-state index < -0.39 is 59.8 Å². The second-order valence-corrected chi connectivity index (χ2v) is 14.1. The zero-order valence-corrected chi connectivity index (χ0v) is 29.3. The van der Waals surface area contributed by atoms with Gasteiger partial charge >= 0.3 is 0 Å². The van der Waals surface area contributed by atoms with E-state index >= 15 is 0 Å². The van der Waals surface area contributed by atoms with Crippen LogP contribution < -0.4 is 4.90 Å². The molecule has 2 aromatic heterocycles. The second-order valence-electron chi connectivity index (χ2n) is 14.1. The molecule has 0 saturated carbocycles. The summed E-state index contributed by atoms with van der Waals surface area (Å²) in [5.41, 5.74) is 6.20. The highest BCUT2D eigenvalue weighted by Gasteiger charge is 2.35. The molecular formula is C51H36N2O. The Morgan fingerprint density at radius 2 is 1.28 bits per heavy atom. The van der Waals surface area contributed by atoms with Crippen LogP contribution in [-0.2, 0) is 5.41 Å². The summed E-state index contributed by atoms with van der Waals surface area (Å²) in [6.45, 7) is 4.24. The number of hydrogen-bond acceptors (Lipinski definition) is 2. The summed E-state index contributed by atoms with van der Waals surface area (Å²) in [5, 5.41) is 1.34. The lowest BCUT2D eigenvalue weighted by Crippen LogP contribution is -2.14. The molecule has 0 unspecified atom stereocenters. The van der Waals surface area contributed by atoms with E-state index in [2.05, 4.69) is 30.5 Å². The van der Waals surface area contributed by atoms with E-state index in [0.29, 0.717) is 5.56 Å². The first-order chi connectivity index (χ1) is 31.1. The monoisotopic (exact) mass is 703 g/mol. The Hall–Kier alpha value is -6.84. The number of benzene rings is 8. The van der Waals surface area contributed by atoms with Gasteiger partial charge in [0.05, 0.1) is 37.2 Å². The van der Waals surface area contributed by atoms with Crippen LogP contribution in [0.2, 0.25) is 0 Å². The highest BCUT2D eigenvalue weighted by atomic mass is 16.3. The second kappa shape index (κ2) is 11.6. The van der Waals surface area contributed by atoms with Crippen molar-refractivity contribution in [3.63, 3.8) is 0 Å². The maximum atomic E-state index is 9.81. The molecule has 0 amide bonds. The van der Waals surface area contributed by atoms with Crippen LogP contribution >= 0.6 is 0 Å². The smallest absolute Gasteiger partial charge is 0.137 e. The quantitative estimate of drug-likeness (QED) is 0.178. The molecule has 1 aliphatic rings. The number of fused-ring (bicyclic) bond motifs is 9. The molecule has 3 heteroatoms. The van der Waals surface area contributed by atoms with Gasteiger partial charge in [-0.05, 0) is 106 Å². The van der Waals surface area contributed by atoms with E-state index in [1.165, 1.54) is 4.90 Å². The molecule has 8 aromatic carbocycles. The number of furan rings is 1. The van der Waals surface area contributed by atoms with E-state index in [0.717, 1.165) is 49.7 Å². The number of nitrogens with zero attached hydrogens (tertiary/aromatic N) is 2. The van der Waals surface area contributed by atoms with Crippen molar-refractivity contribution >= 4 is 60.8 Å². The van der Waals surface area contributed by atoms with Gasteiger partial charge < -0.3 is 13.9 Å². The van der Waals surface area contributed by atoms with Crippen molar-refractivity contribution in [2.75, 3.05) is 4.90 Å². The third-order valence-electron chi connectivity index (χ3n) is 10.8. The van der Waals surface area contributed by atoms with E-state index in [4.69, 9.17) is 12.6 Å². The van der Waals surface area contributed by atoms with Crippen LogP contribution in [0.25, 0.3) is 71.7 Å². The first-order valence-electron chi connectivity index (χ1n) is 23.3. The van der Waals surface area contributed by atoms with Gasteiger partial charge in [-0.15, -0.1) is 0 Å². The number of rotatable bonds is 5. The number of para-hydroxylation sites is 3. The molecule has 3 nitrogen and oxygen atoms in total. The van der Waals surface area contributed by atoms with Crippen LogP contribution in [0.15, 0.2) is 186 Å². The zero-order valence-electron chi connectivity index (χ0n) is 40.3. The number of hydrogen-bond donors (Lipinski definition) is 0. The lowest BCUT2D eigenvalue weighted by Gasteiger charge is -2.27. The average Bonchev–Trinajstić information content (AvgIpc) is 3.95. The minimum absolute atomic E-state index is 0.0708. The van der Waals surface area contributed by atoms with Gasteiger partial charge in [0.2, 0.25) is 0 Å². The Labute approximate surface area is 329 Å². The van der Waals surface area contributed by atoms with Crippen molar-refractivity contribution in [2.45, 2.75) is 19.3 Å². The minimum atomic E-state index is -0.595. The van der Waals surface area contributed by atoms with E-state index in [1.807, 2.05) is 97.1 Å². The summed E-state index contributed by atoms with van der Waals surface area (Å²) in [6, 6.07) is 31.4. The fourth-order valence-corrected chi connectivity index (χ4v) is 8.26.